The molecule has 0 heterocycles. The Bertz CT molecular complexity index is 507. The topological polar surface area (TPSA) is 67.8 Å². The van der Waals surface area contributed by atoms with Crippen molar-refractivity contribution < 1.29 is 9.84 Å². The van der Waals surface area contributed by atoms with Gasteiger partial charge in [-0.25, -0.2) is 0 Å². The fourth-order valence-electron chi connectivity index (χ4n) is 6.90. The summed E-state index contributed by atoms with van der Waals surface area (Å²) in [7, 11) is 0. The highest BCUT2D eigenvalue weighted by Gasteiger charge is 2.65. The van der Waals surface area contributed by atoms with E-state index in [1.54, 1.807) is 6.20 Å². The van der Waals surface area contributed by atoms with Crippen LogP contribution in [0.4, 0.5) is 0 Å². The maximum Gasteiger partial charge on any atom is 0.0705 e. The third-order valence-corrected chi connectivity index (χ3v) is 6.15. The van der Waals surface area contributed by atoms with Crippen LogP contribution in [0.2, 0.25) is 0 Å². The summed E-state index contributed by atoms with van der Waals surface area (Å²) in [5, 5.41) is 9.23. The molecule has 3 N–H and O–H groups in total. The van der Waals surface area contributed by atoms with E-state index in [-0.39, 0.29) is 17.6 Å². The van der Waals surface area contributed by atoms with Crippen LogP contribution in [0.5, 0.6) is 0 Å². The Morgan fingerprint density at radius 2 is 1.78 bits per heavy atom. The number of allylic oxidation sites excluding steroid dienone is 1. The van der Waals surface area contributed by atoms with Crippen LogP contribution >= 0.6 is 0 Å². The minimum absolute atomic E-state index is 0.0475. The molecule has 0 radical (unpaired) electrons. The molecule has 2 unspecified atom stereocenters. The molecule has 4 rings (SSSR count). The first-order chi connectivity index (χ1) is 10.8. The van der Waals surface area contributed by atoms with E-state index in [0.29, 0.717) is 17.4 Å². The molecule has 4 aliphatic rings. The van der Waals surface area contributed by atoms with Crippen LogP contribution in [0.25, 0.3) is 0 Å². The predicted octanol–water partition coefficient (Wildman–Crippen LogP) is 3.05. The minimum atomic E-state index is -0.0475. The van der Waals surface area contributed by atoms with Crippen molar-refractivity contribution in [2.24, 2.45) is 27.0 Å². The van der Waals surface area contributed by atoms with Gasteiger partial charge in [0, 0.05) is 12.3 Å². The first-order valence-electron chi connectivity index (χ1n) is 8.90. The standard InChI is InChI=1S/C19H32N2O2/c1-15(4-5-20)21-14-18-9-16(2)8-17(3,10-18)12-19(11-16,13-18)23-7-6-22/h4-5,22H,6-14,20H2,1-3H3. The molecule has 2 atom stereocenters. The molecule has 0 amide bonds. The van der Waals surface area contributed by atoms with Crippen molar-refractivity contribution in [3.05, 3.63) is 12.3 Å². The van der Waals surface area contributed by atoms with Crippen molar-refractivity contribution in [2.45, 2.75) is 64.9 Å². The Balaban J connectivity index is 1.88. The van der Waals surface area contributed by atoms with Crippen LogP contribution in [0, 0.1) is 16.2 Å². The lowest BCUT2D eigenvalue weighted by Gasteiger charge is -2.69. The van der Waals surface area contributed by atoms with Gasteiger partial charge in [0.15, 0.2) is 0 Å². The van der Waals surface area contributed by atoms with Crippen molar-refractivity contribution in [2.75, 3.05) is 19.8 Å². The highest BCUT2D eigenvalue weighted by molar-refractivity contribution is 5.92. The van der Waals surface area contributed by atoms with Gasteiger partial charge in [-0.1, -0.05) is 13.8 Å². The highest BCUT2D eigenvalue weighted by atomic mass is 16.5. The van der Waals surface area contributed by atoms with Crippen LogP contribution in [-0.2, 0) is 4.74 Å². The molecule has 0 spiro atoms. The zero-order valence-electron chi connectivity index (χ0n) is 14.9. The zero-order valence-corrected chi connectivity index (χ0v) is 14.9. The van der Waals surface area contributed by atoms with E-state index in [4.69, 9.17) is 15.5 Å². The van der Waals surface area contributed by atoms with E-state index in [1.807, 2.05) is 13.0 Å². The Labute approximate surface area is 140 Å². The second kappa shape index (κ2) is 5.59. The summed E-state index contributed by atoms with van der Waals surface area (Å²) in [4.78, 5) is 4.82. The number of aliphatic hydroxyl groups excluding tert-OH is 1. The van der Waals surface area contributed by atoms with E-state index >= 15 is 0 Å². The number of aliphatic hydroxyl groups is 1. The third kappa shape index (κ3) is 3.20. The smallest absolute Gasteiger partial charge is 0.0705 e. The van der Waals surface area contributed by atoms with Crippen molar-refractivity contribution in [1.29, 1.82) is 0 Å². The SMILES string of the molecule is CC(C=CN)=NCC12CC3(C)CC(C)(C1)CC(OCCO)(C3)C2. The van der Waals surface area contributed by atoms with Crippen molar-refractivity contribution in [3.63, 3.8) is 0 Å². The molecule has 0 aromatic heterocycles. The van der Waals surface area contributed by atoms with E-state index in [1.165, 1.54) is 19.3 Å². The van der Waals surface area contributed by atoms with Crippen LogP contribution in [0.1, 0.15) is 59.3 Å². The molecule has 4 bridgehead atoms. The molecule has 23 heavy (non-hydrogen) atoms. The predicted molar refractivity (Wildman–Crippen MR) is 93.4 cm³/mol. The van der Waals surface area contributed by atoms with Gasteiger partial charge in [-0.05, 0) is 74.0 Å². The van der Waals surface area contributed by atoms with Crippen molar-refractivity contribution in [3.8, 4) is 0 Å². The Morgan fingerprint density at radius 3 is 2.35 bits per heavy atom. The molecule has 4 nitrogen and oxygen atoms in total. The van der Waals surface area contributed by atoms with Gasteiger partial charge in [0.2, 0.25) is 0 Å². The number of ether oxygens (including phenoxy) is 1. The summed E-state index contributed by atoms with van der Waals surface area (Å²) < 4.78 is 6.27. The van der Waals surface area contributed by atoms with Gasteiger partial charge in [0.25, 0.3) is 0 Å². The van der Waals surface area contributed by atoms with Crippen LogP contribution in [-0.4, -0.2) is 36.2 Å². The Hall–Kier alpha value is -0.870. The van der Waals surface area contributed by atoms with E-state index in [2.05, 4.69) is 13.8 Å². The van der Waals surface area contributed by atoms with Gasteiger partial charge in [-0.3, -0.25) is 4.99 Å². The molecule has 4 heteroatoms. The summed E-state index contributed by atoms with van der Waals surface area (Å²) in [6.45, 7) is 8.33. The second-order valence-corrected chi connectivity index (χ2v) is 9.25. The molecule has 130 valence electrons. The summed E-state index contributed by atoms with van der Waals surface area (Å²) in [5.41, 5.74) is 7.39. The van der Waals surface area contributed by atoms with Gasteiger partial charge < -0.3 is 15.6 Å². The maximum absolute atomic E-state index is 9.23. The summed E-state index contributed by atoms with van der Waals surface area (Å²) >= 11 is 0. The monoisotopic (exact) mass is 320 g/mol. The summed E-state index contributed by atoms with van der Waals surface area (Å²) in [5.74, 6) is 0. The van der Waals surface area contributed by atoms with E-state index in [9.17, 15) is 5.11 Å². The third-order valence-electron chi connectivity index (χ3n) is 6.15. The first-order valence-corrected chi connectivity index (χ1v) is 8.90. The zero-order chi connectivity index (χ0) is 16.8. The van der Waals surface area contributed by atoms with E-state index < -0.39 is 0 Å². The lowest BCUT2D eigenvalue weighted by Crippen LogP contribution is -2.64. The molecular weight excluding hydrogens is 288 g/mol. The number of rotatable bonds is 6. The molecule has 0 aromatic carbocycles. The summed E-state index contributed by atoms with van der Waals surface area (Å²) in [6, 6.07) is 0. The van der Waals surface area contributed by atoms with E-state index in [0.717, 1.165) is 31.5 Å². The number of hydrogen-bond acceptors (Lipinski definition) is 4. The molecule has 4 fully saturated rings. The maximum atomic E-state index is 9.23. The Morgan fingerprint density at radius 1 is 1.13 bits per heavy atom. The van der Waals surface area contributed by atoms with Gasteiger partial charge in [-0.15, -0.1) is 0 Å². The number of aliphatic imine (C=N–C) groups is 1. The molecule has 0 aliphatic heterocycles. The molecule has 0 aromatic rings. The first kappa shape index (κ1) is 17.0. The molecule has 4 aliphatic carbocycles. The highest BCUT2D eigenvalue weighted by Crippen LogP contribution is 2.71. The van der Waals surface area contributed by atoms with Crippen LogP contribution in [0.15, 0.2) is 17.3 Å². The van der Waals surface area contributed by atoms with Crippen molar-refractivity contribution in [1.82, 2.24) is 0 Å². The van der Waals surface area contributed by atoms with Crippen molar-refractivity contribution >= 4 is 5.71 Å². The van der Waals surface area contributed by atoms with Gasteiger partial charge in [-0.2, -0.15) is 0 Å². The molecular formula is C19H32N2O2. The average Bonchev–Trinajstić information content (AvgIpc) is 2.40. The number of nitrogens with zero attached hydrogens (tertiary/aromatic N) is 1. The van der Waals surface area contributed by atoms with Gasteiger partial charge in [0.05, 0.1) is 18.8 Å². The van der Waals surface area contributed by atoms with Gasteiger partial charge in [0.1, 0.15) is 0 Å². The van der Waals surface area contributed by atoms with Crippen LogP contribution in [0.3, 0.4) is 0 Å². The normalized spacial score (nSPS) is 46.0. The summed E-state index contributed by atoms with van der Waals surface area (Å²) in [6.07, 6.45) is 10.6. The quantitative estimate of drug-likeness (QED) is 0.739. The number of nitrogens with two attached hydrogens (primary N) is 1. The fraction of sp³-hybridized carbons (Fsp3) is 0.842. The molecule has 0 saturated heterocycles. The van der Waals surface area contributed by atoms with Gasteiger partial charge >= 0.3 is 0 Å². The largest absolute Gasteiger partial charge is 0.405 e. The second-order valence-electron chi connectivity index (χ2n) is 9.25. The van der Waals surface area contributed by atoms with Crippen LogP contribution < -0.4 is 5.73 Å². The lowest BCUT2D eigenvalue weighted by atomic mass is 9.39. The molecule has 4 saturated carbocycles. The average molecular weight is 320 g/mol. The lowest BCUT2D eigenvalue weighted by molar-refractivity contribution is -0.243. The minimum Gasteiger partial charge on any atom is -0.405 e. The Kier molecular flexibility index (Phi) is 4.13. The number of hydrogen-bond donors (Lipinski definition) is 2. The fourth-order valence-corrected chi connectivity index (χ4v) is 6.90.